The Balaban J connectivity index is 1.78. The summed E-state index contributed by atoms with van der Waals surface area (Å²) in [5.74, 6) is 0.153. The Morgan fingerprint density at radius 2 is 1.91 bits per heavy atom. The Morgan fingerprint density at radius 3 is 2.73 bits per heavy atom. The van der Waals surface area contributed by atoms with E-state index in [1.165, 1.54) is 19.2 Å². The van der Waals surface area contributed by atoms with Crippen LogP contribution in [-0.4, -0.2) is 30.8 Å². The van der Waals surface area contributed by atoms with Crippen molar-refractivity contribution in [3.05, 3.63) is 47.8 Å². The molecule has 0 atom stereocenters. The Bertz CT molecular complexity index is 744. The standard InChI is InChI=1S/C15H12N2O5/c1-20-15(19)11-4-2-3-10(17-11)14(18)16-9-5-6-12-13(7-9)22-8-21-12/h2-7H,8H2,1H3,(H,16,18). The summed E-state index contributed by atoms with van der Waals surface area (Å²) in [6, 6.07) is 9.60. The summed E-state index contributed by atoms with van der Waals surface area (Å²) >= 11 is 0. The molecule has 0 saturated heterocycles. The minimum atomic E-state index is -0.599. The van der Waals surface area contributed by atoms with Crippen molar-refractivity contribution in [3.8, 4) is 11.5 Å². The van der Waals surface area contributed by atoms with Crippen molar-refractivity contribution >= 4 is 17.6 Å². The first kappa shape index (κ1) is 13.9. The largest absolute Gasteiger partial charge is 0.464 e. The number of fused-ring (bicyclic) bond motifs is 1. The van der Waals surface area contributed by atoms with Gasteiger partial charge in [0, 0.05) is 11.8 Å². The Labute approximate surface area is 125 Å². The molecule has 1 aliphatic rings. The van der Waals surface area contributed by atoms with Crippen molar-refractivity contribution < 1.29 is 23.8 Å². The summed E-state index contributed by atoms with van der Waals surface area (Å²) in [4.78, 5) is 27.6. The van der Waals surface area contributed by atoms with Gasteiger partial charge >= 0.3 is 5.97 Å². The average molecular weight is 300 g/mol. The molecule has 1 aromatic heterocycles. The lowest BCUT2D eigenvalue weighted by atomic mass is 10.2. The van der Waals surface area contributed by atoms with Crippen LogP contribution in [0.4, 0.5) is 5.69 Å². The third-order valence-corrected chi connectivity index (χ3v) is 3.01. The first-order chi connectivity index (χ1) is 10.7. The number of aromatic nitrogens is 1. The Kier molecular flexibility index (Phi) is 3.61. The molecule has 7 heteroatoms. The van der Waals surface area contributed by atoms with Gasteiger partial charge in [-0.15, -0.1) is 0 Å². The van der Waals surface area contributed by atoms with Crippen LogP contribution in [0, 0.1) is 0 Å². The van der Waals surface area contributed by atoms with Crippen molar-refractivity contribution in [3.63, 3.8) is 0 Å². The summed E-state index contributed by atoms with van der Waals surface area (Å²) in [5.41, 5.74) is 0.723. The zero-order chi connectivity index (χ0) is 15.5. The maximum atomic E-state index is 12.2. The molecule has 7 nitrogen and oxygen atoms in total. The van der Waals surface area contributed by atoms with E-state index >= 15 is 0 Å². The molecule has 0 fully saturated rings. The van der Waals surface area contributed by atoms with Gasteiger partial charge in [0.15, 0.2) is 11.5 Å². The molecule has 1 amide bonds. The highest BCUT2D eigenvalue weighted by molar-refractivity contribution is 6.03. The molecule has 112 valence electrons. The number of pyridine rings is 1. The van der Waals surface area contributed by atoms with E-state index in [-0.39, 0.29) is 18.2 Å². The van der Waals surface area contributed by atoms with Crippen LogP contribution in [0.5, 0.6) is 11.5 Å². The zero-order valence-electron chi connectivity index (χ0n) is 11.7. The normalized spacial score (nSPS) is 11.9. The summed E-state index contributed by atoms with van der Waals surface area (Å²) in [7, 11) is 1.25. The molecular weight excluding hydrogens is 288 g/mol. The van der Waals surface area contributed by atoms with E-state index in [1.807, 2.05) is 0 Å². The predicted octanol–water partition coefficient (Wildman–Crippen LogP) is 1.85. The van der Waals surface area contributed by atoms with Gasteiger partial charge in [0.1, 0.15) is 11.4 Å². The quantitative estimate of drug-likeness (QED) is 0.870. The van der Waals surface area contributed by atoms with Crippen LogP contribution in [-0.2, 0) is 4.74 Å². The monoisotopic (exact) mass is 300 g/mol. The number of amides is 1. The first-order valence-corrected chi connectivity index (χ1v) is 6.44. The minimum Gasteiger partial charge on any atom is -0.464 e. The van der Waals surface area contributed by atoms with E-state index in [1.54, 1.807) is 24.3 Å². The molecule has 0 spiro atoms. The molecule has 0 unspecified atom stereocenters. The molecule has 1 aliphatic heterocycles. The smallest absolute Gasteiger partial charge is 0.356 e. The number of nitrogens with one attached hydrogen (secondary N) is 1. The minimum absolute atomic E-state index is 0.0702. The van der Waals surface area contributed by atoms with E-state index in [2.05, 4.69) is 15.0 Å². The molecule has 3 rings (SSSR count). The first-order valence-electron chi connectivity index (χ1n) is 6.44. The van der Waals surface area contributed by atoms with Crippen LogP contribution < -0.4 is 14.8 Å². The van der Waals surface area contributed by atoms with Crippen LogP contribution in [0.2, 0.25) is 0 Å². The SMILES string of the molecule is COC(=O)c1cccc(C(=O)Nc2ccc3c(c2)OCO3)n1. The van der Waals surface area contributed by atoms with Crippen LogP contribution in [0.25, 0.3) is 0 Å². The fourth-order valence-electron chi connectivity index (χ4n) is 1.95. The number of esters is 1. The fourth-order valence-corrected chi connectivity index (χ4v) is 1.95. The molecule has 0 saturated carbocycles. The molecule has 0 bridgehead atoms. The van der Waals surface area contributed by atoms with E-state index in [0.717, 1.165) is 0 Å². The summed E-state index contributed by atoms with van der Waals surface area (Å²) < 4.78 is 15.0. The summed E-state index contributed by atoms with van der Waals surface area (Å²) in [6.07, 6.45) is 0. The molecular formula is C15H12N2O5. The highest BCUT2D eigenvalue weighted by atomic mass is 16.7. The molecule has 0 aliphatic carbocycles. The lowest BCUT2D eigenvalue weighted by molar-refractivity contribution is 0.0594. The molecule has 22 heavy (non-hydrogen) atoms. The van der Waals surface area contributed by atoms with E-state index in [4.69, 9.17) is 9.47 Å². The second kappa shape index (κ2) is 5.72. The number of anilines is 1. The van der Waals surface area contributed by atoms with Gasteiger partial charge in [-0.25, -0.2) is 9.78 Å². The third-order valence-electron chi connectivity index (χ3n) is 3.01. The van der Waals surface area contributed by atoms with Crippen LogP contribution in [0.1, 0.15) is 21.0 Å². The topological polar surface area (TPSA) is 86.8 Å². The number of hydrogen-bond donors (Lipinski definition) is 1. The van der Waals surface area contributed by atoms with Crippen molar-refractivity contribution in [1.29, 1.82) is 0 Å². The fraction of sp³-hybridized carbons (Fsp3) is 0.133. The molecule has 2 heterocycles. The van der Waals surface area contributed by atoms with Crippen LogP contribution in [0.3, 0.4) is 0 Å². The van der Waals surface area contributed by atoms with E-state index in [0.29, 0.717) is 17.2 Å². The number of nitrogens with zero attached hydrogens (tertiary/aromatic N) is 1. The lowest BCUT2D eigenvalue weighted by Crippen LogP contribution is -2.15. The molecule has 1 N–H and O–H groups in total. The van der Waals surface area contributed by atoms with E-state index < -0.39 is 11.9 Å². The molecule has 2 aromatic rings. The summed E-state index contributed by atoms with van der Waals surface area (Å²) in [5, 5.41) is 2.68. The Hall–Kier alpha value is -3.09. The maximum absolute atomic E-state index is 12.2. The number of benzene rings is 1. The number of carbonyl (C=O) groups is 2. The molecule has 1 aromatic carbocycles. The van der Waals surface area contributed by atoms with Gasteiger partial charge in [0.25, 0.3) is 5.91 Å². The average Bonchev–Trinajstić information content (AvgIpc) is 3.02. The van der Waals surface area contributed by atoms with Crippen LogP contribution >= 0.6 is 0 Å². The van der Waals surface area contributed by atoms with Crippen LogP contribution in [0.15, 0.2) is 36.4 Å². The van der Waals surface area contributed by atoms with E-state index in [9.17, 15) is 9.59 Å². The third kappa shape index (κ3) is 2.69. The number of ether oxygens (including phenoxy) is 3. The van der Waals surface area contributed by atoms with Crippen molar-refractivity contribution in [2.24, 2.45) is 0 Å². The number of rotatable bonds is 3. The van der Waals surface area contributed by atoms with Gasteiger partial charge in [-0.2, -0.15) is 0 Å². The maximum Gasteiger partial charge on any atom is 0.356 e. The van der Waals surface area contributed by atoms with Crippen molar-refractivity contribution in [2.75, 3.05) is 19.2 Å². The van der Waals surface area contributed by atoms with Gasteiger partial charge in [-0.05, 0) is 24.3 Å². The number of carbonyl (C=O) groups excluding carboxylic acids is 2. The van der Waals surface area contributed by atoms with Crippen molar-refractivity contribution in [2.45, 2.75) is 0 Å². The predicted molar refractivity (Wildman–Crippen MR) is 76.1 cm³/mol. The highest BCUT2D eigenvalue weighted by Gasteiger charge is 2.16. The zero-order valence-corrected chi connectivity index (χ0v) is 11.7. The number of methoxy groups -OCH3 is 1. The van der Waals surface area contributed by atoms with Gasteiger partial charge < -0.3 is 19.5 Å². The van der Waals surface area contributed by atoms with Gasteiger partial charge in [-0.1, -0.05) is 6.07 Å². The van der Waals surface area contributed by atoms with Gasteiger partial charge in [0.2, 0.25) is 6.79 Å². The van der Waals surface area contributed by atoms with Gasteiger partial charge in [-0.3, -0.25) is 4.79 Å². The molecule has 0 radical (unpaired) electrons. The summed E-state index contributed by atoms with van der Waals surface area (Å²) in [6.45, 7) is 0.162. The number of hydrogen-bond acceptors (Lipinski definition) is 6. The lowest BCUT2D eigenvalue weighted by Gasteiger charge is -2.06. The van der Waals surface area contributed by atoms with Gasteiger partial charge in [0.05, 0.1) is 7.11 Å². The van der Waals surface area contributed by atoms with Crippen molar-refractivity contribution in [1.82, 2.24) is 4.98 Å². The second-order valence-corrected chi connectivity index (χ2v) is 4.42. The second-order valence-electron chi connectivity index (χ2n) is 4.42. The highest BCUT2D eigenvalue weighted by Crippen LogP contribution is 2.34. The Morgan fingerprint density at radius 1 is 1.14 bits per heavy atom.